The number of halogens is 4. The fourth-order valence-corrected chi connectivity index (χ4v) is 1.83. The third kappa shape index (κ3) is 5.50. The van der Waals surface area contributed by atoms with E-state index < -0.39 is 27.8 Å². The maximum Gasteiger partial charge on any atom is 0.573 e. The van der Waals surface area contributed by atoms with E-state index >= 15 is 0 Å². The molecule has 20 heavy (non-hydrogen) atoms. The van der Waals surface area contributed by atoms with Crippen molar-refractivity contribution in [3.8, 4) is 5.75 Å². The first-order chi connectivity index (χ1) is 8.99. The summed E-state index contributed by atoms with van der Waals surface area (Å²) in [5.74, 6) is -0.492. The number of hydrogen-bond donors (Lipinski definition) is 0. The average molecular weight is 328 g/mol. The zero-order valence-electron chi connectivity index (χ0n) is 11.0. The summed E-state index contributed by atoms with van der Waals surface area (Å²) in [5, 5.41) is -0.201. The minimum atomic E-state index is -4.80. The lowest BCUT2D eigenvalue weighted by molar-refractivity contribution is -0.274. The molecule has 1 aromatic rings. The number of hydrogen-bond acceptors (Lipinski definition) is 2. The molecule has 0 fully saturated rings. The average Bonchev–Trinajstić information content (AvgIpc) is 2.26. The summed E-state index contributed by atoms with van der Waals surface area (Å²) in [6.07, 6.45) is -3.50. The van der Waals surface area contributed by atoms with Crippen molar-refractivity contribution in [1.82, 2.24) is 0 Å². The monoisotopic (exact) mass is 327 g/mol. The first kappa shape index (κ1) is 17.0. The van der Waals surface area contributed by atoms with Crippen LogP contribution >= 0.6 is 11.6 Å². The Kier molecular flexibility index (Phi) is 5.21. The van der Waals surface area contributed by atoms with Crippen molar-refractivity contribution in [2.75, 3.05) is 0 Å². The van der Waals surface area contributed by atoms with E-state index in [1.807, 2.05) is 0 Å². The van der Waals surface area contributed by atoms with E-state index in [2.05, 4.69) is 9.13 Å². The van der Waals surface area contributed by atoms with Crippen LogP contribution in [0.2, 0.25) is 5.02 Å². The van der Waals surface area contributed by atoms with Gasteiger partial charge in [0.15, 0.2) is 0 Å². The SMILES string of the molecule is CC(C)(C)[S@@](=O)/N=C/c1ccc(OC(F)(F)F)c(Cl)c1. The summed E-state index contributed by atoms with van der Waals surface area (Å²) >= 11 is 5.68. The highest BCUT2D eigenvalue weighted by Crippen LogP contribution is 2.30. The number of benzene rings is 1. The lowest BCUT2D eigenvalue weighted by Crippen LogP contribution is -2.19. The van der Waals surface area contributed by atoms with Gasteiger partial charge in [-0.15, -0.1) is 13.2 Å². The Balaban J connectivity index is 2.88. The number of ether oxygens (including phenoxy) is 1. The van der Waals surface area contributed by atoms with Crippen molar-refractivity contribution in [2.45, 2.75) is 31.9 Å². The lowest BCUT2D eigenvalue weighted by atomic mass is 10.2. The first-order valence-corrected chi connectivity index (χ1v) is 6.99. The molecular weight excluding hydrogens is 315 g/mol. The first-order valence-electron chi connectivity index (χ1n) is 5.50. The van der Waals surface area contributed by atoms with Gasteiger partial charge in [0.25, 0.3) is 0 Å². The molecule has 0 spiro atoms. The van der Waals surface area contributed by atoms with Crippen molar-refractivity contribution in [3.05, 3.63) is 28.8 Å². The molecule has 0 amide bonds. The summed E-state index contributed by atoms with van der Waals surface area (Å²) in [5.41, 5.74) is 0.433. The van der Waals surface area contributed by atoms with Crippen LogP contribution < -0.4 is 4.74 Å². The molecule has 0 bridgehead atoms. The Morgan fingerprint density at radius 3 is 2.35 bits per heavy atom. The van der Waals surface area contributed by atoms with E-state index in [0.29, 0.717) is 5.56 Å². The third-order valence-corrected chi connectivity index (χ3v) is 3.64. The second-order valence-corrected chi connectivity index (χ2v) is 7.17. The number of alkyl halides is 3. The fourth-order valence-electron chi connectivity index (χ4n) is 1.07. The van der Waals surface area contributed by atoms with Gasteiger partial charge in [-0.05, 0) is 44.5 Å². The van der Waals surface area contributed by atoms with Crippen LogP contribution in [0.4, 0.5) is 13.2 Å². The molecule has 0 heterocycles. The molecule has 0 N–H and O–H groups in total. The molecule has 1 atom stereocenters. The summed E-state index contributed by atoms with van der Waals surface area (Å²) in [4.78, 5) is 0. The van der Waals surface area contributed by atoms with Crippen LogP contribution in [0.25, 0.3) is 0 Å². The largest absolute Gasteiger partial charge is 0.573 e. The van der Waals surface area contributed by atoms with Gasteiger partial charge in [-0.3, -0.25) is 0 Å². The van der Waals surface area contributed by atoms with Crippen LogP contribution in [0.1, 0.15) is 26.3 Å². The van der Waals surface area contributed by atoms with E-state index in [9.17, 15) is 17.4 Å². The molecule has 3 nitrogen and oxygen atoms in total. The van der Waals surface area contributed by atoms with Crippen LogP contribution in [0.5, 0.6) is 5.75 Å². The Bertz CT molecular complexity index is 538. The maximum atomic E-state index is 12.1. The highest BCUT2D eigenvalue weighted by atomic mass is 35.5. The molecular formula is C12H13ClF3NO2S. The molecule has 1 aromatic carbocycles. The van der Waals surface area contributed by atoms with Crippen molar-refractivity contribution < 1.29 is 22.1 Å². The molecule has 0 aromatic heterocycles. The molecule has 0 saturated heterocycles. The quantitative estimate of drug-likeness (QED) is 0.783. The van der Waals surface area contributed by atoms with Gasteiger partial charge >= 0.3 is 6.36 Å². The Labute approximate surface area is 122 Å². The minimum absolute atomic E-state index is 0.201. The topological polar surface area (TPSA) is 38.7 Å². The molecule has 112 valence electrons. The van der Waals surface area contributed by atoms with E-state index in [-0.39, 0.29) is 5.02 Å². The van der Waals surface area contributed by atoms with Crippen molar-refractivity contribution in [2.24, 2.45) is 4.40 Å². The van der Waals surface area contributed by atoms with Gasteiger partial charge in [0.1, 0.15) is 16.7 Å². The predicted octanol–water partition coefficient (Wildman–Crippen LogP) is 4.12. The van der Waals surface area contributed by atoms with E-state index in [1.54, 1.807) is 20.8 Å². The number of rotatable bonds is 3. The Hall–Kier alpha value is -1.08. The van der Waals surface area contributed by atoms with Gasteiger partial charge in [-0.25, -0.2) is 4.21 Å². The smallest absolute Gasteiger partial charge is 0.404 e. The third-order valence-electron chi connectivity index (χ3n) is 2.00. The lowest BCUT2D eigenvalue weighted by Gasteiger charge is -2.13. The minimum Gasteiger partial charge on any atom is -0.404 e. The summed E-state index contributed by atoms with van der Waals surface area (Å²) in [6, 6.07) is 3.68. The van der Waals surface area contributed by atoms with Crippen LogP contribution in [0, 0.1) is 0 Å². The van der Waals surface area contributed by atoms with E-state index in [1.165, 1.54) is 18.3 Å². The Morgan fingerprint density at radius 2 is 1.90 bits per heavy atom. The maximum absolute atomic E-state index is 12.1. The van der Waals surface area contributed by atoms with Crippen LogP contribution in [0.15, 0.2) is 22.6 Å². The molecule has 0 radical (unpaired) electrons. The highest BCUT2D eigenvalue weighted by molar-refractivity contribution is 7.85. The molecule has 1 rings (SSSR count). The fraction of sp³-hybridized carbons (Fsp3) is 0.417. The summed E-state index contributed by atoms with van der Waals surface area (Å²) in [7, 11) is -1.45. The standard InChI is InChI=1S/C12H13ClF3NO2S/c1-11(2,3)20(18)17-7-8-4-5-10(9(13)6-8)19-12(14,15)16/h4-7H,1-3H3/b17-7+/t20-/m1/s1. The zero-order valence-corrected chi connectivity index (χ0v) is 12.6. The second-order valence-electron chi connectivity index (χ2n) is 4.83. The van der Waals surface area contributed by atoms with Crippen molar-refractivity contribution >= 4 is 28.8 Å². The molecule has 0 aliphatic carbocycles. The zero-order chi connectivity index (χ0) is 15.6. The predicted molar refractivity (Wildman–Crippen MR) is 73.6 cm³/mol. The van der Waals surface area contributed by atoms with Gasteiger partial charge in [0.05, 0.1) is 9.77 Å². The molecule has 0 aliphatic heterocycles. The van der Waals surface area contributed by atoms with Gasteiger partial charge in [-0.1, -0.05) is 11.6 Å². The Morgan fingerprint density at radius 1 is 1.30 bits per heavy atom. The van der Waals surface area contributed by atoms with E-state index in [4.69, 9.17) is 11.6 Å². The van der Waals surface area contributed by atoms with Gasteiger partial charge in [0.2, 0.25) is 0 Å². The van der Waals surface area contributed by atoms with Crippen LogP contribution in [-0.4, -0.2) is 21.5 Å². The molecule has 8 heteroatoms. The number of nitrogens with zero attached hydrogens (tertiary/aromatic N) is 1. The van der Waals surface area contributed by atoms with Crippen LogP contribution in [0.3, 0.4) is 0 Å². The highest BCUT2D eigenvalue weighted by Gasteiger charge is 2.32. The van der Waals surface area contributed by atoms with Crippen LogP contribution in [-0.2, 0) is 11.0 Å². The van der Waals surface area contributed by atoms with E-state index in [0.717, 1.165) is 6.07 Å². The molecule has 0 saturated carbocycles. The van der Waals surface area contributed by atoms with Gasteiger partial charge in [-0.2, -0.15) is 4.40 Å². The summed E-state index contributed by atoms with van der Waals surface area (Å²) in [6.45, 7) is 5.27. The molecule has 0 unspecified atom stereocenters. The van der Waals surface area contributed by atoms with Crippen molar-refractivity contribution in [1.29, 1.82) is 0 Å². The van der Waals surface area contributed by atoms with Crippen molar-refractivity contribution in [3.63, 3.8) is 0 Å². The second kappa shape index (κ2) is 6.13. The van der Waals surface area contributed by atoms with Gasteiger partial charge < -0.3 is 4.74 Å². The summed E-state index contributed by atoms with van der Waals surface area (Å²) < 4.78 is 54.9. The normalized spacial score (nSPS) is 14.6. The van der Waals surface area contributed by atoms with Gasteiger partial charge in [0, 0.05) is 6.21 Å². The molecule has 0 aliphatic rings.